The average Bonchev–Trinajstić information content (AvgIpc) is 3.20. The second-order valence-corrected chi connectivity index (χ2v) is 7.20. The number of hydrogen-bond acceptors (Lipinski definition) is 4. The summed E-state index contributed by atoms with van der Waals surface area (Å²) < 4.78 is 5.13. The van der Waals surface area contributed by atoms with Gasteiger partial charge in [0.15, 0.2) is 0 Å². The van der Waals surface area contributed by atoms with Crippen molar-refractivity contribution in [2.75, 3.05) is 26.7 Å². The first-order valence-corrected chi connectivity index (χ1v) is 8.77. The van der Waals surface area contributed by atoms with E-state index in [1.165, 1.54) is 32.9 Å². The summed E-state index contributed by atoms with van der Waals surface area (Å²) in [6, 6.07) is 0.836. The lowest BCUT2D eigenvalue weighted by Crippen LogP contribution is -2.55. The summed E-state index contributed by atoms with van der Waals surface area (Å²) in [7, 11) is 1.52. The molecule has 2 bridgehead atoms. The Morgan fingerprint density at radius 2 is 2.24 bits per heavy atom. The van der Waals surface area contributed by atoms with Crippen LogP contribution in [-0.2, 0) is 9.53 Å². The standard InChI is InChI=1S/C17H30N2O2/c1-3-18-17(16(20)21-2)9-4-5-14(17)8-10-19-12-13-6-7-15(19)11-13/h13-15,18H,3-12H2,1-2H3. The third-order valence-corrected chi connectivity index (χ3v) is 6.15. The number of fused-ring (bicyclic) bond motifs is 2. The number of nitrogens with zero attached hydrogens (tertiary/aromatic N) is 1. The number of piperidine rings is 1. The molecule has 0 radical (unpaired) electrons. The molecule has 0 spiro atoms. The number of hydrogen-bond donors (Lipinski definition) is 1. The highest BCUT2D eigenvalue weighted by atomic mass is 16.5. The van der Waals surface area contributed by atoms with Crippen molar-refractivity contribution in [3.8, 4) is 0 Å². The van der Waals surface area contributed by atoms with Crippen molar-refractivity contribution in [1.29, 1.82) is 0 Å². The molecule has 3 rings (SSSR count). The van der Waals surface area contributed by atoms with Crippen LogP contribution in [0.25, 0.3) is 0 Å². The number of methoxy groups -OCH3 is 1. The monoisotopic (exact) mass is 294 g/mol. The van der Waals surface area contributed by atoms with Crippen molar-refractivity contribution in [3.63, 3.8) is 0 Å². The summed E-state index contributed by atoms with van der Waals surface area (Å²) in [5, 5.41) is 3.48. The number of carbonyl (C=O) groups excluding carboxylic acids is 1. The van der Waals surface area contributed by atoms with Gasteiger partial charge in [-0.25, -0.2) is 0 Å². The Balaban J connectivity index is 1.61. The molecule has 21 heavy (non-hydrogen) atoms. The summed E-state index contributed by atoms with van der Waals surface area (Å²) in [6.07, 6.45) is 8.61. The Morgan fingerprint density at radius 3 is 2.86 bits per heavy atom. The molecule has 3 aliphatic rings. The fraction of sp³-hybridized carbons (Fsp3) is 0.941. The highest BCUT2D eigenvalue weighted by Crippen LogP contribution is 2.41. The van der Waals surface area contributed by atoms with Crippen molar-refractivity contribution < 1.29 is 9.53 Å². The highest BCUT2D eigenvalue weighted by Gasteiger charge is 2.49. The molecule has 1 N–H and O–H groups in total. The molecule has 2 saturated carbocycles. The van der Waals surface area contributed by atoms with Gasteiger partial charge < -0.3 is 15.0 Å². The fourth-order valence-electron chi connectivity index (χ4n) is 5.16. The quantitative estimate of drug-likeness (QED) is 0.763. The highest BCUT2D eigenvalue weighted by molar-refractivity contribution is 5.81. The van der Waals surface area contributed by atoms with Crippen molar-refractivity contribution in [2.45, 2.75) is 63.5 Å². The molecule has 0 aromatic heterocycles. The maximum atomic E-state index is 12.4. The number of nitrogens with one attached hydrogen (secondary N) is 1. The van der Waals surface area contributed by atoms with Crippen LogP contribution in [0.4, 0.5) is 0 Å². The minimum Gasteiger partial charge on any atom is -0.468 e. The van der Waals surface area contributed by atoms with Crippen LogP contribution in [-0.4, -0.2) is 49.2 Å². The molecular formula is C17H30N2O2. The van der Waals surface area contributed by atoms with Gasteiger partial charge in [0.1, 0.15) is 5.54 Å². The number of likely N-dealkylation sites (N-methyl/N-ethyl adjacent to an activating group) is 1. The van der Waals surface area contributed by atoms with Gasteiger partial charge in [-0.2, -0.15) is 0 Å². The average molecular weight is 294 g/mol. The summed E-state index contributed by atoms with van der Waals surface area (Å²) in [6.45, 7) is 5.37. The second kappa shape index (κ2) is 6.25. The zero-order chi connectivity index (χ0) is 14.9. The van der Waals surface area contributed by atoms with Crippen molar-refractivity contribution >= 4 is 5.97 Å². The number of ether oxygens (including phenoxy) is 1. The summed E-state index contributed by atoms with van der Waals surface area (Å²) in [4.78, 5) is 15.0. The van der Waals surface area contributed by atoms with E-state index in [0.717, 1.165) is 50.7 Å². The summed E-state index contributed by atoms with van der Waals surface area (Å²) >= 11 is 0. The zero-order valence-corrected chi connectivity index (χ0v) is 13.6. The molecule has 120 valence electrons. The van der Waals surface area contributed by atoms with E-state index in [-0.39, 0.29) is 5.97 Å². The predicted molar refractivity (Wildman–Crippen MR) is 83.1 cm³/mol. The lowest BCUT2D eigenvalue weighted by Gasteiger charge is -2.35. The van der Waals surface area contributed by atoms with Gasteiger partial charge in [0.05, 0.1) is 7.11 Å². The summed E-state index contributed by atoms with van der Waals surface area (Å²) in [5.41, 5.74) is -0.414. The molecule has 0 aromatic carbocycles. The van der Waals surface area contributed by atoms with Crippen molar-refractivity contribution in [3.05, 3.63) is 0 Å². The molecule has 4 nitrogen and oxygen atoms in total. The first kappa shape index (κ1) is 15.3. The molecule has 4 unspecified atom stereocenters. The normalized spacial score (nSPS) is 39.0. The van der Waals surface area contributed by atoms with E-state index in [1.807, 2.05) is 0 Å². The van der Waals surface area contributed by atoms with Gasteiger partial charge >= 0.3 is 5.97 Å². The molecule has 4 heteroatoms. The van der Waals surface area contributed by atoms with Crippen LogP contribution in [0, 0.1) is 11.8 Å². The van der Waals surface area contributed by atoms with E-state index in [9.17, 15) is 4.79 Å². The van der Waals surface area contributed by atoms with E-state index in [0.29, 0.717) is 5.92 Å². The molecule has 1 aliphatic heterocycles. The van der Waals surface area contributed by atoms with Gasteiger partial charge in [0.2, 0.25) is 0 Å². The van der Waals surface area contributed by atoms with Gasteiger partial charge in [-0.3, -0.25) is 4.79 Å². The predicted octanol–water partition coefficient (Wildman–Crippen LogP) is 2.18. The van der Waals surface area contributed by atoms with Crippen LogP contribution in [0.1, 0.15) is 51.9 Å². The molecule has 4 atom stereocenters. The SMILES string of the molecule is CCNC1(C(=O)OC)CCCC1CCN1CC2CCC1C2. The first-order valence-electron chi connectivity index (χ1n) is 8.77. The van der Waals surface area contributed by atoms with Crippen LogP contribution < -0.4 is 5.32 Å². The lowest BCUT2D eigenvalue weighted by atomic mass is 9.84. The largest absolute Gasteiger partial charge is 0.468 e. The Kier molecular flexibility index (Phi) is 4.55. The van der Waals surface area contributed by atoms with Crippen LogP contribution >= 0.6 is 0 Å². The Bertz CT molecular complexity index is 387. The summed E-state index contributed by atoms with van der Waals surface area (Å²) in [5.74, 6) is 1.34. The number of rotatable bonds is 6. The van der Waals surface area contributed by atoms with Gasteiger partial charge in [0, 0.05) is 12.6 Å². The molecule has 3 fully saturated rings. The molecule has 0 aromatic rings. The van der Waals surface area contributed by atoms with E-state index >= 15 is 0 Å². The van der Waals surface area contributed by atoms with Gasteiger partial charge in [-0.05, 0) is 63.5 Å². The van der Waals surface area contributed by atoms with Crippen LogP contribution in [0.5, 0.6) is 0 Å². The second-order valence-electron chi connectivity index (χ2n) is 7.20. The Morgan fingerprint density at radius 1 is 1.38 bits per heavy atom. The number of esters is 1. The van der Waals surface area contributed by atoms with Gasteiger partial charge in [-0.1, -0.05) is 13.3 Å². The molecule has 1 heterocycles. The molecule has 1 saturated heterocycles. The zero-order valence-electron chi connectivity index (χ0n) is 13.6. The van der Waals surface area contributed by atoms with E-state index < -0.39 is 5.54 Å². The first-order chi connectivity index (χ1) is 10.2. The van der Waals surface area contributed by atoms with Crippen molar-refractivity contribution in [2.24, 2.45) is 11.8 Å². The fourth-order valence-corrected chi connectivity index (χ4v) is 5.16. The molecule has 2 aliphatic carbocycles. The smallest absolute Gasteiger partial charge is 0.326 e. The van der Waals surface area contributed by atoms with Crippen molar-refractivity contribution in [1.82, 2.24) is 10.2 Å². The number of carbonyl (C=O) groups is 1. The van der Waals surface area contributed by atoms with Crippen LogP contribution in [0.2, 0.25) is 0 Å². The maximum Gasteiger partial charge on any atom is 0.326 e. The lowest BCUT2D eigenvalue weighted by molar-refractivity contribution is -0.150. The third kappa shape index (κ3) is 2.72. The van der Waals surface area contributed by atoms with E-state index in [1.54, 1.807) is 0 Å². The maximum absolute atomic E-state index is 12.4. The molecular weight excluding hydrogens is 264 g/mol. The van der Waals surface area contributed by atoms with Gasteiger partial charge in [-0.15, -0.1) is 0 Å². The minimum atomic E-state index is -0.414. The molecule has 0 amide bonds. The van der Waals surface area contributed by atoms with E-state index in [2.05, 4.69) is 17.1 Å². The number of likely N-dealkylation sites (tertiary alicyclic amines) is 1. The van der Waals surface area contributed by atoms with E-state index in [4.69, 9.17) is 4.74 Å². The minimum absolute atomic E-state index is 0.0465. The topological polar surface area (TPSA) is 41.6 Å². The Labute approximate surface area is 128 Å². The Hall–Kier alpha value is -0.610. The third-order valence-electron chi connectivity index (χ3n) is 6.15. The van der Waals surface area contributed by atoms with Crippen LogP contribution in [0.15, 0.2) is 0 Å². The van der Waals surface area contributed by atoms with Gasteiger partial charge in [0.25, 0.3) is 0 Å². The van der Waals surface area contributed by atoms with Crippen LogP contribution in [0.3, 0.4) is 0 Å².